The summed E-state index contributed by atoms with van der Waals surface area (Å²) in [7, 11) is 0. The maximum atomic E-state index is 6.13. The molecule has 22 heavy (non-hydrogen) atoms. The lowest BCUT2D eigenvalue weighted by Gasteiger charge is -2.37. The van der Waals surface area contributed by atoms with Gasteiger partial charge >= 0.3 is 0 Å². The van der Waals surface area contributed by atoms with Gasteiger partial charge < -0.3 is 20.3 Å². The second-order valence-corrected chi connectivity index (χ2v) is 7.19. The number of morpholine rings is 1. The Labute approximate surface area is 143 Å². The summed E-state index contributed by atoms with van der Waals surface area (Å²) in [6.45, 7) is 11.1. The molecule has 0 spiro atoms. The SMILES string of the molecule is Cc1ccc(NC(=S)NCC(C)(C)[NH+]2CCOCC2)cc1Cl. The molecule has 1 saturated heterocycles. The maximum absolute atomic E-state index is 6.13. The maximum Gasteiger partial charge on any atom is 0.171 e. The molecule has 0 saturated carbocycles. The molecule has 0 bridgehead atoms. The molecule has 2 rings (SSSR count). The fraction of sp³-hybridized carbons (Fsp3) is 0.562. The molecule has 0 aliphatic carbocycles. The smallest absolute Gasteiger partial charge is 0.171 e. The third-order valence-corrected chi connectivity index (χ3v) is 4.83. The number of hydrogen-bond acceptors (Lipinski definition) is 2. The van der Waals surface area contributed by atoms with Crippen LogP contribution in [0.15, 0.2) is 18.2 Å². The highest BCUT2D eigenvalue weighted by atomic mass is 35.5. The largest absolute Gasteiger partial charge is 0.370 e. The first-order valence-corrected chi connectivity index (χ1v) is 8.41. The molecule has 1 aromatic rings. The first-order valence-electron chi connectivity index (χ1n) is 7.62. The highest BCUT2D eigenvalue weighted by molar-refractivity contribution is 7.80. The number of halogens is 1. The Kier molecular flexibility index (Phi) is 6.03. The van der Waals surface area contributed by atoms with Crippen LogP contribution in [0, 0.1) is 6.92 Å². The second kappa shape index (κ2) is 7.59. The number of aryl methyl sites for hydroxylation is 1. The summed E-state index contributed by atoms with van der Waals surface area (Å²) >= 11 is 11.5. The van der Waals surface area contributed by atoms with Crippen molar-refractivity contribution in [1.29, 1.82) is 0 Å². The van der Waals surface area contributed by atoms with Gasteiger partial charge in [0.25, 0.3) is 0 Å². The van der Waals surface area contributed by atoms with E-state index in [0.717, 1.165) is 49.1 Å². The Bertz CT molecular complexity index is 530. The van der Waals surface area contributed by atoms with Gasteiger partial charge in [-0.3, -0.25) is 0 Å². The minimum atomic E-state index is 0.112. The number of thiocarbonyl (C=S) groups is 1. The summed E-state index contributed by atoms with van der Waals surface area (Å²) in [5.41, 5.74) is 2.08. The van der Waals surface area contributed by atoms with Crippen LogP contribution in [0.2, 0.25) is 5.02 Å². The zero-order valence-electron chi connectivity index (χ0n) is 13.5. The summed E-state index contributed by atoms with van der Waals surface area (Å²) in [6.07, 6.45) is 0. The molecular weight excluding hydrogens is 318 g/mol. The lowest BCUT2D eigenvalue weighted by Crippen LogP contribution is -3.22. The van der Waals surface area contributed by atoms with Crippen LogP contribution in [0.5, 0.6) is 0 Å². The summed E-state index contributed by atoms with van der Waals surface area (Å²) in [4.78, 5) is 1.55. The van der Waals surface area contributed by atoms with Crippen LogP contribution in [0.25, 0.3) is 0 Å². The Morgan fingerprint density at radius 2 is 2.05 bits per heavy atom. The highest BCUT2D eigenvalue weighted by Gasteiger charge is 2.32. The van der Waals surface area contributed by atoms with Gasteiger partial charge in [0, 0.05) is 10.7 Å². The molecule has 1 fully saturated rings. The van der Waals surface area contributed by atoms with Crippen molar-refractivity contribution < 1.29 is 9.64 Å². The minimum absolute atomic E-state index is 0.112. The topological polar surface area (TPSA) is 37.7 Å². The van der Waals surface area contributed by atoms with Crippen LogP contribution in [0.4, 0.5) is 5.69 Å². The summed E-state index contributed by atoms with van der Waals surface area (Å²) < 4.78 is 5.43. The average molecular weight is 343 g/mol. The van der Waals surface area contributed by atoms with E-state index in [1.165, 1.54) is 0 Å². The van der Waals surface area contributed by atoms with E-state index in [9.17, 15) is 0 Å². The van der Waals surface area contributed by atoms with Gasteiger partial charge in [0.15, 0.2) is 5.11 Å². The van der Waals surface area contributed by atoms with Crippen LogP contribution in [-0.4, -0.2) is 43.5 Å². The van der Waals surface area contributed by atoms with Gasteiger partial charge in [-0.2, -0.15) is 0 Å². The van der Waals surface area contributed by atoms with Crippen molar-refractivity contribution in [2.24, 2.45) is 0 Å². The molecule has 0 radical (unpaired) electrons. The zero-order valence-corrected chi connectivity index (χ0v) is 15.0. The molecule has 0 atom stereocenters. The Morgan fingerprint density at radius 1 is 1.36 bits per heavy atom. The van der Waals surface area contributed by atoms with E-state index >= 15 is 0 Å². The summed E-state index contributed by atoms with van der Waals surface area (Å²) in [5.74, 6) is 0. The van der Waals surface area contributed by atoms with Crippen LogP contribution in [0.3, 0.4) is 0 Å². The van der Waals surface area contributed by atoms with Crippen molar-refractivity contribution in [2.75, 3.05) is 38.2 Å². The van der Waals surface area contributed by atoms with E-state index in [-0.39, 0.29) is 5.54 Å². The Morgan fingerprint density at radius 3 is 2.68 bits per heavy atom. The van der Waals surface area contributed by atoms with Crippen LogP contribution >= 0.6 is 23.8 Å². The number of ether oxygens (including phenoxy) is 1. The normalized spacial score (nSPS) is 16.4. The quantitative estimate of drug-likeness (QED) is 0.727. The van der Waals surface area contributed by atoms with Gasteiger partial charge in [-0.25, -0.2) is 0 Å². The predicted molar refractivity (Wildman–Crippen MR) is 96.0 cm³/mol. The first kappa shape index (κ1) is 17.5. The molecule has 6 heteroatoms. The van der Waals surface area contributed by atoms with Crippen molar-refractivity contribution in [3.05, 3.63) is 28.8 Å². The fourth-order valence-electron chi connectivity index (χ4n) is 2.57. The Hall–Kier alpha value is -0.880. The molecule has 1 aliphatic heterocycles. The van der Waals surface area contributed by atoms with E-state index in [1.807, 2.05) is 25.1 Å². The molecule has 4 nitrogen and oxygen atoms in total. The monoisotopic (exact) mass is 342 g/mol. The van der Waals surface area contributed by atoms with Crippen molar-refractivity contribution in [1.82, 2.24) is 5.32 Å². The van der Waals surface area contributed by atoms with Crippen LogP contribution in [0.1, 0.15) is 19.4 Å². The third kappa shape index (κ3) is 4.81. The highest BCUT2D eigenvalue weighted by Crippen LogP contribution is 2.19. The number of rotatable bonds is 4. The van der Waals surface area contributed by atoms with E-state index in [4.69, 9.17) is 28.6 Å². The summed E-state index contributed by atoms with van der Waals surface area (Å²) in [5, 5.41) is 7.87. The molecule has 1 heterocycles. The van der Waals surface area contributed by atoms with Gasteiger partial charge in [0.1, 0.15) is 18.6 Å². The lowest BCUT2D eigenvalue weighted by molar-refractivity contribution is -0.954. The summed E-state index contributed by atoms with van der Waals surface area (Å²) in [6, 6.07) is 5.85. The predicted octanol–water partition coefficient (Wildman–Crippen LogP) is 1.63. The number of benzene rings is 1. The van der Waals surface area contributed by atoms with Crippen molar-refractivity contribution in [3.63, 3.8) is 0 Å². The van der Waals surface area contributed by atoms with E-state index in [0.29, 0.717) is 5.11 Å². The zero-order chi connectivity index (χ0) is 16.2. The molecule has 0 amide bonds. The van der Waals surface area contributed by atoms with Gasteiger partial charge in [-0.1, -0.05) is 17.7 Å². The van der Waals surface area contributed by atoms with Crippen molar-refractivity contribution in [2.45, 2.75) is 26.3 Å². The van der Waals surface area contributed by atoms with Crippen LogP contribution < -0.4 is 15.5 Å². The van der Waals surface area contributed by atoms with Gasteiger partial charge in [0.05, 0.1) is 19.8 Å². The number of nitrogens with one attached hydrogen (secondary N) is 3. The number of anilines is 1. The van der Waals surface area contributed by atoms with Gasteiger partial charge in [-0.05, 0) is 50.7 Å². The second-order valence-electron chi connectivity index (χ2n) is 6.37. The van der Waals surface area contributed by atoms with Crippen LogP contribution in [-0.2, 0) is 4.74 Å². The molecular formula is C16H25ClN3OS+. The standard InChI is InChI=1S/C16H24ClN3OS/c1-12-4-5-13(10-14(12)17)19-15(22)18-11-16(2,3)20-6-8-21-9-7-20/h4-5,10H,6-9,11H2,1-3H3,(H2,18,19,22)/p+1. The van der Waals surface area contributed by atoms with E-state index in [1.54, 1.807) is 4.90 Å². The fourth-order valence-corrected chi connectivity index (χ4v) is 2.94. The lowest BCUT2D eigenvalue weighted by atomic mass is 10.0. The van der Waals surface area contributed by atoms with Gasteiger partial charge in [0.2, 0.25) is 0 Å². The van der Waals surface area contributed by atoms with Crippen molar-refractivity contribution >= 4 is 34.6 Å². The molecule has 3 N–H and O–H groups in total. The average Bonchev–Trinajstić information content (AvgIpc) is 2.50. The Balaban J connectivity index is 1.84. The van der Waals surface area contributed by atoms with E-state index < -0.39 is 0 Å². The minimum Gasteiger partial charge on any atom is -0.370 e. The molecule has 1 aliphatic rings. The molecule has 0 unspecified atom stereocenters. The number of quaternary nitrogens is 1. The van der Waals surface area contributed by atoms with Crippen molar-refractivity contribution in [3.8, 4) is 0 Å². The molecule has 0 aromatic heterocycles. The number of hydrogen-bond donors (Lipinski definition) is 3. The first-order chi connectivity index (χ1) is 10.4. The third-order valence-electron chi connectivity index (χ3n) is 4.17. The molecule has 122 valence electrons. The molecule has 1 aromatic carbocycles. The van der Waals surface area contributed by atoms with E-state index in [2.05, 4.69) is 24.5 Å². The van der Waals surface area contributed by atoms with Gasteiger partial charge in [-0.15, -0.1) is 0 Å².